The molecule has 37 heavy (non-hydrogen) atoms. The third kappa shape index (κ3) is 2.97. The van der Waals surface area contributed by atoms with Crippen molar-refractivity contribution >= 4 is 99.1 Å². The van der Waals surface area contributed by atoms with Crippen LogP contribution >= 0.6 is 34.4 Å². The number of ketones is 2. The molecule has 0 saturated heterocycles. The minimum absolute atomic E-state index is 0.0943. The fraction of sp³-hybridized carbons (Fsp3) is 0.259. The molecular formula is C27H19N5O2S3. The largest absolute Gasteiger partial charge is 0.342 e. The first kappa shape index (κ1) is 21.7. The summed E-state index contributed by atoms with van der Waals surface area (Å²) in [4.78, 5) is 35.7. The molecule has 6 aromatic rings. The second kappa shape index (κ2) is 7.83. The number of thiophene rings is 2. The Morgan fingerprint density at radius 2 is 1.81 bits per heavy atom. The van der Waals surface area contributed by atoms with Gasteiger partial charge in [0.05, 0.1) is 37.9 Å². The van der Waals surface area contributed by atoms with Gasteiger partial charge < -0.3 is 4.57 Å². The molecule has 0 radical (unpaired) electrons. The molecule has 5 heterocycles. The van der Waals surface area contributed by atoms with Crippen LogP contribution in [0.1, 0.15) is 25.7 Å². The topological polar surface area (TPSA) is 90.1 Å². The van der Waals surface area contributed by atoms with Gasteiger partial charge in [0.25, 0.3) is 0 Å². The SMILES string of the molecule is Cn1c2cc(-c3cnc(N=C4C(=O)C(=O)C5CCCCC45)c4nsnc34)sc2c2sc3ccccc3c21. The number of aliphatic imine (C=N–C) groups is 1. The number of nitrogens with zero attached hydrogens (tertiary/aromatic N) is 5. The molecule has 2 atom stereocenters. The Balaban J connectivity index is 1.27. The van der Waals surface area contributed by atoms with E-state index in [2.05, 4.69) is 60.7 Å². The molecule has 2 aliphatic rings. The number of pyridine rings is 1. The van der Waals surface area contributed by atoms with E-state index in [0.29, 0.717) is 17.0 Å². The van der Waals surface area contributed by atoms with Crippen molar-refractivity contribution in [3.05, 3.63) is 36.5 Å². The molecule has 5 aromatic heterocycles. The Hall–Kier alpha value is -3.34. The molecule has 0 spiro atoms. The lowest BCUT2D eigenvalue weighted by Crippen LogP contribution is -2.21. The summed E-state index contributed by atoms with van der Waals surface area (Å²) in [6.45, 7) is 0. The lowest BCUT2D eigenvalue weighted by Gasteiger charge is -2.22. The van der Waals surface area contributed by atoms with Gasteiger partial charge in [0, 0.05) is 45.6 Å². The molecular weight excluding hydrogens is 523 g/mol. The average molecular weight is 542 g/mol. The number of carbonyl (C=O) groups is 2. The second-order valence-electron chi connectivity index (χ2n) is 9.80. The Labute approximate surface area is 222 Å². The van der Waals surface area contributed by atoms with E-state index in [-0.39, 0.29) is 17.6 Å². The third-order valence-electron chi connectivity index (χ3n) is 7.86. The van der Waals surface area contributed by atoms with E-state index in [1.165, 1.54) is 30.5 Å². The van der Waals surface area contributed by atoms with Crippen LogP contribution in [0, 0.1) is 11.8 Å². The van der Waals surface area contributed by atoms with Crippen LogP contribution in [-0.2, 0) is 16.6 Å². The zero-order chi connectivity index (χ0) is 24.8. The van der Waals surface area contributed by atoms with Gasteiger partial charge in [-0.25, -0.2) is 9.98 Å². The first-order chi connectivity index (χ1) is 18.1. The maximum atomic E-state index is 12.8. The number of aromatic nitrogens is 4. The molecule has 2 unspecified atom stereocenters. The second-order valence-corrected chi connectivity index (χ2v) is 12.4. The molecule has 10 heteroatoms. The molecule has 0 amide bonds. The predicted molar refractivity (Wildman–Crippen MR) is 150 cm³/mol. The first-order valence-corrected chi connectivity index (χ1v) is 14.6. The van der Waals surface area contributed by atoms with Gasteiger partial charge in [0.15, 0.2) is 5.82 Å². The summed E-state index contributed by atoms with van der Waals surface area (Å²) >= 11 is 4.68. The number of Topliss-reactive ketones (excluding diaryl/α,β-unsaturated/α-hetero) is 2. The van der Waals surface area contributed by atoms with Crippen molar-refractivity contribution in [2.75, 3.05) is 0 Å². The highest BCUT2D eigenvalue weighted by atomic mass is 32.1. The van der Waals surface area contributed by atoms with Crippen LogP contribution in [-0.4, -0.2) is 35.6 Å². The van der Waals surface area contributed by atoms with Crippen molar-refractivity contribution in [3.63, 3.8) is 0 Å². The Morgan fingerprint density at radius 1 is 1.00 bits per heavy atom. The highest BCUT2D eigenvalue weighted by molar-refractivity contribution is 7.32. The summed E-state index contributed by atoms with van der Waals surface area (Å²) in [5, 5.41) is 1.28. The van der Waals surface area contributed by atoms with Crippen LogP contribution < -0.4 is 0 Å². The van der Waals surface area contributed by atoms with Crippen molar-refractivity contribution in [3.8, 4) is 10.4 Å². The molecule has 182 valence electrons. The predicted octanol–water partition coefficient (Wildman–Crippen LogP) is 6.71. The van der Waals surface area contributed by atoms with Crippen LogP contribution in [0.4, 0.5) is 5.82 Å². The van der Waals surface area contributed by atoms with Gasteiger partial charge in [0.2, 0.25) is 11.6 Å². The highest BCUT2D eigenvalue weighted by Crippen LogP contribution is 2.46. The van der Waals surface area contributed by atoms with Crippen LogP contribution in [0.25, 0.3) is 52.0 Å². The van der Waals surface area contributed by atoms with Crippen molar-refractivity contribution in [1.29, 1.82) is 0 Å². The van der Waals surface area contributed by atoms with Gasteiger partial charge in [-0.1, -0.05) is 31.0 Å². The summed E-state index contributed by atoms with van der Waals surface area (Å²) < 4.78 is 15.2. The van der Waals surface area contributed by atoms with Gasteiger partial charge in [-0.15, -0.1) is 22.7 Å². The monoisotopic (exact) mass is 541 g/mol. The van der Waals surface area contributed by atoms with Crippen LogP contribution in [0.15, 0.2) is 41.5 Å². The number of hydrogen-bond donors (Lipinski definition) is 0. The molecule has 2 fully saturated rings. The van der Waals surface area contributed by atoms with E-state index < -0.39 is 5.78 Å². The van der Waals surface area contributed by atoms with Gasteiger partial charge >= 0.3 is 0 Å². The molecule has 2 saturated carbocycles. The number of fused-ring (bicyclic) bond motifs is 7. The van der Waals surface area contributed by atoms with Crippen LogP contribution in [0.3, 0.4) is 0 Å². The maximum Gasteiger partial charge on any atom is 0.243 e. The zero-order valence-corrected chi connectivity index (χ0v) is 22.2. The van der Waals surface area contributed by atoms with Gasteiger partial charge in [0.1, 0.15) is 11.0 Å². The zero-order valence-electron chi connectivity index (χ0n) is 19.7. The Kier molecular flexibility index (Phi) is 4.60. The maximum absolute atomic E-state index is 12.8. The lowest BCUT2D eigenvalue weighted by atomic mass is 9.81. The van der Waals surface area contributed by atoms with Crippen LogP contribution in [0.5, 0.6) is 0 Å². The minimum Gasteiger partial charge on any atom is -0.342 e. The number of aryl methyl sites for hydroxylation is 1. The van der Waals surface area contributed by atoms with Crippen molar-refractivity contribution in [2.24, 2.45) is 23.9 Å². The van der Waals surface area contributed by atoms with E-state index in [1.807, 2.05) is 11.3 Å². The molecule has 2 aliphatic carbocycles. The fourth-order valence-electron chi connectivity index (χ4n) is 6.07. The molecule has 0 N–H and O–H groups in total. The standard InChI is InChI=1S/C27H19N5O2S3/c1-32-16-10-18(36-25(16)26-22(32)14-8-4-5-9-17(14)35-26)15-11-28-27(21-19(15)30-37-31-21)29-20-12-6-2-3-7-13(12)23(33)24(20)34/h4-5,8-13H,2-3,6-7H2,1H3. The quantitative estimate of drug-likeness (QED) is 0.227. The summed E-state index contributed by atoms with van der Waals surface area (Å²) in [5.74, 6) is -0.666. The molecule has 1 aromatic carbocycles. The van der Waals surface area contributed by atoms with Crippen molar-refractivity contribution < 1.29 is 9.59 Å². The summed E-state index contributed by atoms with van der Waals surface area (Å²) in [6.07, 6.45) is 5.39. The summed E-state index contributed by atoms with van der Waals surface area (Å²) in [6, 6.07) is 10.7. The van der Waals surface area contributed by atoms with Gasteiger partial charge in [-0.2, -0.15) is 8.75 Å². The number of benzene rings is 1. The summed E-state index contributed by atoms with van der Waals surface area (Å²) in [5.41, 5.74) is 5.04. The molecule has 0 aliphatic heterocycles. The molecule has 0 bridgehead atoms. The Bertz CT molecular complexity index is 1970. The molecule has 8 rings (SSSR count). The number of carbonyl (C=O) groups excluding carboxylic acids is 2. The Morgan fingerprint density at radius 3 is 2.70 bits per heavy atom. The number of hydrogen-bond acceptors (Lipinski definition) is 9. The van der Waals surface area contributed by atoms with Crippen molar-refractivity contribution in [1.82, 2.24) is 18.3 Å². The molecule has 7 nitrogen and oxygen atoms in total. The van der Waals surface area contributed by atoms with E-state index in [4.69, 9.17) is 0 Å². The van der Waals surface area contributed by atoms with Gasteiger partial charge in [-0.3, -0.25) is 9.59 Å². The first-order valence-electron chi connectivity index (χ1n) is 12.3. The fourth-order valence-corrected chi connectivity index (χ4v) is 9.20. The summed E-state index contributed by atoms with van der Waals surface area (Å²) in [7, 11) is 2.12. The van der Waals surface area contributed by atoms with Gasteiger partial charge in [-0.05, 0) is 25.0 Å². The average Bonchev–Trinajstić information content (AvgIpc) is 3.72. The minimum atomic E-state index is -0.448. The van der Waals surface area contributed by atoms with E-state index >= 15 is 0 Å². The number of rotatable bonds is 2. The smallest absolute Gasteiger partial charge is 0.243 e. The third-order valence-corrected chi connectivity index (χ3v) is 10.9. The van der Waals surface area contributed by atoms with Crippen molar-refractivity contribution in [2.45, 2.75) is 25.7 Å². The van der Waals surface area contributed by atoms with Crippen LogP contribution in [0.2, 0.25) is 0 Å². The highest BCUT2D eigenvalue weighted by Gasteiger charge is 2.47. The lowest BCUT2D eigenvalue weighted by molar-refractivity contribution is -0.134. The van der Waals surface area contributed by atoms with E-state index in [9.17, 15) is 9.59 Å². The van der Waals surface area contributed by atoms with E-state index in [1.54, 1.807) is 17.5 Å². The van der Waals surface area contributed by atoms with E-state index in [0.717, 1.165) is 53.4 Å². The normalized spacial score (nSPS) is 21.4.